The summed E-state index contributed by atoms with van der Waals surface area (Å²) in [5.41, 5.74) is 6.69. The van der Waals surface area contributed by atoms with E-state index in [-0.39, 0.29) is 30.1 Å². The van der Waals surface area contributed by atoms with Crippen LogP contribution < -0.4 is 5.73 Å². The van der Waals surface area contributed by atoms with Crippen LogP contribution in [0.25, 0.3) is 11.0 Å². The lowest BCUT2D eigenvalue weighted by Crippen LogP contribution is -2.46. The lowest BCUT2D eigenvalue weighted by atomic mass is 10.2. The molecule has 0 aliphatic carbocycles. The van der Waals surface area contributed by atoms with Gasteiger partial charge in [-0.1, -0.05) is 20.8 Å². The zero-order chi connectivity index (χ0) is 19.3. The van der Waals surface area contributed by atoms with E-state index < -0.39 is 8.32 Å². The summed E-state index contributed by atoms with van der Waals surface area (Å²) in [6.45, 7) is 11.0. The number of rotatable bonds is 4. The molecule has 1 aliphatic rings. The van der Waals surface area contributed by atoms with Crippen LogP contribution in [0.4, 0.5) is 5.82 Å². The van der Waals surface area contributed by atoms with Gasteiger partial charge in [-0.25, -0.2) is 9.97 Å². The molecule has 1 saturated heterocycles. The highest BCUT2D eigenvalue weighted by Gasteiger charge is 2.45. The molecule has 0 aromatic carbocycles. The Kier molecular flexibility index (Phi) is 5.21. The predicted octanol–water partition coefficient (Wildman–Crippen LogP) is 3.45. The monoisotopic (exact) mass is 442 g/mol. The Morgan fingerprint density at radius 1 is 1.42 bits per heavy atom. The molecule has 2 aromatic rings. The van der Waals surface area contributed by atoms with Crippen molar-refractivity contribution in [2.45, 2.75) is 63.8 Å². The lowest BCUT2D eigenvalue weighted by Gasteiger charge is -2.39. The second-order valence-corrected chi connectivity index (χ2v) is 13.9. The number of hydrogen-bond acceptors (Lipinski definition) is 6. The predicted molar refractivity (Wildman–Crippen MR) is 107 cm³/mol. The number of nitrogens with two attached hydrogens (primary N) is 1. The Balaban J connectivity index is 1.89. The Morgan fingerprint density at radius 2 is 2.12 bits per heavy atom. The van der Waals surface area contributed by atoms with E-state index in [9.17, 15) is 5.11 Å². The molecule has 3 rings (SSSR count). The Morgan fingerprint density at radius 3 is 2.73 bits per heavy atom. The van der Waals surface area contributed by atoms with Crippen molar-refractivity contribution in [1.82, 2.24) is 14.5 Å². The first kappa shape index (κ1) is 19.8. The summed E-state index contributed by atoms with van der Waals surface area (Å²) in [4.78, 5) is 8.42. The number of hydrogen-bond donors (Lipinski definition) is 2. The second-order valence-electron chi connectivity index (χ2n) is 8.31. The molecule has 3 heterocycles. The summed E-state index contributed by atoms with van der Waals surface area (Å²) < 4.78 is 15.4. The van der Waals surface area contributed by atoms with Gasteiger partial charge in [0.1, 0.15) is 30.1 Å². The summed E-state index contributed by atoms with van der Waals surface area (Å²) >= 11 is 3.53. The van der Waals surface area contributed by atoms with E-state index in [1.807, 2.05) is 10.8 Å². The quantitative estimate of drug-likeness (QED) is 0.703. The molecule has 0 saturated carbocycles. The van der Waals surface area contributed by atoms with Gasteiger partial charge in [-0.15, -0.1) is 0 Å². The molecule has 0 bridgehead atoms. The van der Waals surface area contributed by atoms with Gasteiger partial charge in [0.05, 0.1) is 18.1 Å². The number of anilines is 1. The molecule has 0 amide bonds. The van der Waals surface area contributed by atoms with Gasteiger partial charge < -0.3 is 24.6 Å². The SMILES string of the molecule is CC(C)(C)[Si](C)(C)O[C@H]1C[C@H](n2cc(Br)c3c(N)ncnc32)O[C@@H]1CO. The van der Waals surface area contributed by atoms with Crippen LogP contribution in [0.1, 0.15) is 33.4 Å². The van der Waals surface area contributed by atoms with Crippen molar-refractivity contribution < 1.29 is 14.3 Å². The van der Waals surface area contributed by atoms with Crippen molar-refractivity contribution in [3.63, 3.8) is 0 Å². The minimum Gasteiger partial charge on any atom is -0.411 e. The van der Waals surface area contributed by atoms with Gasteiger partial charge in [0.25, 0.3) is 0 Å². The highest BCUT2D eigenvalue weighted by molar-refractivity contribution is 9.10. The summed E-state index contributed by atoms with van der Waals surface area (Å²) in [7, 11) is -1.97. The Hall–Kier alpha value is -1.00. The maximum absolute atomic E-state index is 9.81. The van der Waals surface area contributed by atoms with Crippen molar-refractivity contribution in [2.75, 3.05) is 12.3 Å². The number of nitrogen functional groups attached to an aromatic ring is 1. The maximum atomic E-state index is 9.81. The first-order valence-corrected chi connectivity index (χ1v) is 12.5. The first-order chi connectivity index (χ1) is 12.0. The van der Waals surface area contributed by atoms with Crippen LogP contribution in [0.2, 0.25) is 18.1 Å². The summed E-state index contributed by atoms with van der Waals surface area (Å²) in [5, 5.41) is 10.7. The molecule has 2 aromatic heterocycles. The van der Waals surface area contributed by atoms with E-state index in [0.29, 0.717) is 17.9 Å². The van der Waals surface area contributed by atoms with Crippen LogP contribution in [-0.2, 0) is 9.16 Å². The average molecular weight is 443 g/mol. The number of halogens is 1. The molecule has 144 valence electrons. The minimum atomic E-state index is -1.97. The summed E-state index contributed by atoms with van der Waals surface area (Å²) in [6, 6.07) is 0. The molecule has 0 spiro atoms. The van der Waals surface area contributed by atoms with Gasteiger partial charge in [-0.05, 0) is 34.1 Å². The molecule has 3 N–H and O–H groups in total. The third kappa shape index (κ3) is 3.43. The Labute approximate surface area is 163 Å². The molecule has 9 heteroatoms. The number of aromatic nitrogens is 3. The second kappa shape index (κ2) is 6.86. The van der Waals surface area contributed by atoms with Crippen molar-refractivity contribution in [3.8, 4) is 0 Å². The fourth-order valence-corrected chi connectivity index (χ4v) is 4.96. The molecule has 1 fully saturated rings. The normalized spacial score (nSPS) is 24.5. The van der Waals surface area contributed by atoms with Gasteiger partial charge in [-0.2, -0.15) is 0 Å². The molecule has 3 atom stereocenters. The van der Waals surface area contributed by atoms with E-state index in [0.717, 1.165) is 9.86 Å². The molecule has 0 radical (unpaired) electrons. The third-order valence-electron chi connectivity index (χ3n) is 5.52. The number of fused-ring (bicyclic) bond motifs is 1. The standard InChI is InChI=1S/C17H27BrN4O3Si/c1-17(2,3)26(4,5)25-11-6-13(24-12(11)8-23)22-7-10(18)14-15(19)20-9-21-16(14)22/h7,9,11-13,23H,6,8H2,1-5H3,(H2,19,20,21)/t11-,12+,13+/m0/s1. The van der Waals surface area contributed by atoms with E-state index >= 15 is 0 Å². The van der Waals surface area contributed by atoms with E-state index in [2.05, 4.69) is 59.8 Å². The molecule has 7 nitrogen and oxygen atoms in total. The Bertz CT molecular complexity index is 805. The number of nitrogens with zero attached hydrogens (tertiary/aromatic N) is 3. The zero-order valence-corrected chi connectivity index (χ0v) is 18.4. The van der Waals surface area contributed by atoms with Crippen LogP contribution in [-0.4, -0.2) is 46.8 Å². The minimum absolute atomic E-state index is 0.0761. The molecular formula is C17H27BrN4O3Si. The number of aliphatic hydroxyl groups excluding tert-OH is 1. The van der Waals surface area contributed by atoms with Gasteiger partial charge in [0.2, 0.25) is 0 Å². The fourth-order valence-electron chi connectivity index (χ4n) is 3.00. The topological polar surface area (TPSA) is 95.4 Å². The van der Waals surface area contributed by atoms with Crippen LogP contribution in [0.15, 0.2) is 17.0 Å². The molecule has 0 unspecified atom stereocenters. The van der Waals surface area contributed by atoms with Crippen LogP contribution >= 0.6 is 15.9 Å². The highest BCUT2D eigenvalue weighted by Crippen LogP contribution is 2.42. The van der Waals surface area contributed by atoms with Crippen LogP contribution in [0.3, 0.4) is 0 Å². The van der Waals surface area contributed by atoms with Crippen LogP contribution in [0.5, 0.6) is 0 Å². The van der Waals surface area contributed by atoms with E-state index in [1.165, 1.54) is 6.33 Å². The summed E-state index contributed by atoms with van der Waals surface area (Å²) in [6.07, 6.45) is 3.22. The number of aliphatic hydroxyl groups is 1. The van der Waals surface area contributed by atoms with Crippen molar-refractivity contribution in [3.05, 3.63) is 17.0 Å². The van der Waals surface area contributed by atoms with Crippen molar-refractivity contribution >= 4 is 41.1 Å². The van der Waals surface area contributed by atoms with Gasteiger partial charge in [-0.3, -0.25) is 0 Å². The zero-order valence-electron chi connectivity index (χ0n) is 15.9. The molecular weight excluding hydrogens is 416 g/mol. The smallest absolute Gasteiger partial charge is 0.192 e. The summed E-state index contributed by atoms with van der Waals surface area (Å²) in [5.74, 6) is 0.423. The van der Waals surface area contributed by atoms with Gasteiger partial charge in [0, 0.05) is 17.1 Å². The van der Waals surface area contributed by atoms with Gasteiger partial charge in [0.15, 0.2) is 8.32 Å². The highest BCUT2D eigenvalue weighted by atomic mass is 79.9. The third-order valence-corrected chi connectivity index (χ3v) is 10.6. The maximum Gasteiger partial charge on any atom is 0.192 e. The molecule has 26 heavy (non-hydrogen) atoms. The first-order valence-electron chi connectivity index (χ1n) is 8.76. The fraction of sp³-hybridized carbons (Fsp3) is 0.647. The lowest BCUT2D eigenvalue weighted by molar-refractivity contribution is -0.0409. The largest absolute Gasteiger partial charge is 0.411 e. The van der Waals surface area contributed by atoms with Crippen molar-refractivity contribution in [2.24, 2.45) is 0 Å². The molecule has 1 aliphatic heterocycles. The number of ether oxygens (including phenoxy) is 1. The van der Waals surface area contributed by atoms with E-state index in [4.69, 9.17) is 14.9 Å². The van der Waals surface area contributed by atoms with E-state index in [1.54, 1.807) is 0 Å². The van der Waals surface area contributed by atoms with Crippen molar-refractivity contribution in [1.29, 1.82) is 0 Å². The van der Waals surface area contributed by atoms with Crippen LogP contribution in [0, 0.1) is 0 Å². The average Bonchev–Trinajstić information content (AvgIpc) is 3.07. The van der Waals surface area contributed by atoms with Gasteiger partial charge >= 0.3 is 0 Å².